The largest absolute Gasteiger partial charge is 0.493 e. The van der Waals surface area contributed by atoms with Crippen molar-refractivity contribution in [1.82, 2.24) is 8.96 Å². The SMILES string of the molecule is CCOC(=O)c1ccc(C#Cc2cn(S(=O)(=O)c3ccccc3)c3ncc(-c4ccc(OC)c(OC)c4)cc23)cc1. The number of carbonyl (C=O) groups is 1. The van der Waals surface area contributed by atoms with Crippen molar-refractivity contribution in [2.45, 2.75) is 11.8 Å². The Morgan fingerprint density at radius 2 is 1.61 bits per heavy atom. The highest BCUT2D eigenvalue weighted by atomic mass is 32.2. The molecule has 41 heavy (non-hydrogen) atoms. The van der Waals surface area contributed by atoms with Crippen LogP contribution in [0.5, 0.6) is 11.5 Å². The third-order valence-electron chi connectivity index (χ3n) is 6.37. The molecule has 3 aromatic carbocycles. The molecule has 0 unspecified atom stereocenters. The zero-order valence-corrected chi connectivity index (χ0v) is 23.4. The number of pyridine rings is 1. The third-order valence-corrected chi connectivity index (χ3v) is 8.03. The van der Waals surface area contributed by atoms with E-state index in [1.807, 2.05) is 18.2 Å². The van der Waals surface area contributed by atoms with Crippen molar-refractivity contribution in [2.75, 3.05) is 20.8 Å². The summed E-state index contributed by atoms with van der Waals surface area (Å²) in [5.41, 5.74) is 3.35. The van der Waals surface area contributed by atoms with Crippen LogP contribution in [0.4, 0.5) is 0 Å². The smallest absolute Gasteiger partial charge is 0.338 e. The van der Waals surface area contributed by atoms with Crippen molar-refractivity contribution in [1.29, 1.82) is 0 Å². The fourth-order valence-corrected chi connectivity index (χ4v) is 5.63. The van der Waals surface area contributed by atoms with Gasteiger partial charge in [0, 0.05) is 28.9 Å². The van der Waals surface area contributed by atoms with E-state index in [1.54, 1.807) is 75.9 Å². The Balaban J connectivity index is 1.64. The van der Waals surface area contributed by atoms with Gasteiger partial charge in [-0.3, -0.25) is 0 Å². The second kappa shape index (κ2) is 11.6. The molecule has 0 N–H and O–H groups in total. The second-order valence-electron chi connectivity index (χ2n) is 8.87. The standard InChI is InChI=1S/C32H26N2O6S/c1-4-40-32(35)23-13-10-22(11-14-23)12-15-25-21-34(41(36,37)27-8-6-5-7-9-27)31-28(25)18-26(20-33-31)24-16-17-29(38-2)30(19-24)39-3/h5-11,13-14,16-21H,4H2,1-3H3. The zero-order chi connectivity index (χ0) is 29.0. The number of esters is 1. The van der Waals surface area contributed by atoms with E-state index < -0.39 is 16.0 Å². The van der Waals surface area contributed by atoms with Crippen molar-refractivity contribution in [3.63, 3.8) is 0 Å². The second-order valence-corrected chi connectivity index (χ2v) is 10.7. The van der Waals surface area contributed by atoms with Gasteiger partial charge in [0.15, 0.2) is 17.1 Å². The summed E-state index contributed by atoms with van der Waals surface area (Å²) in [5, 5.41) is 0.562. The van der Waals surface area contributed by atoms with E-state index in [0.717, 1.165) is 15.1 Å². The van der Waals surface area contributed by atoms with E-state index in [-0.39, 0.29) is 17.1 Å². The molecule has 2 aromatic heterocycles. The number of carbonyl (C=O) groups excluding carboxylic acids is 1. The number of fused-ring (bicyclic) bond motifs is 1. The number of rotatable bonds is 7. The van der Waals surface area contributed by atoms with E-state index in [1.165, 1.54) is 18.3 Å². The Labute approximate surface area is 238 Å². The molecule has 5 aromatic rings. The van der Waals surface area contributed by atoms with Gasteiger partial charge in [-0.2, -0.15) is 0 Å². The Morgan fingerprint density at radius 1 is 0.878 bits per heavy atom. The molecule has 2 heterocycles. The van der Waals surface area contributed by atoms with Gasteiger partial charge in [-0.25, -0.2) is 22.2 Å². The van der Waals surface area contributed by atoms with Crippen molar-refractivity contribution < 1.29 is 27.4 Å². The van der Waals surface area contributed by atoms with Crippen LogP contribution in [0.1, 0.15) is 28.4 Å². The number of nitrogens with zero attached hydrogens (tertiary/aromatic N) is 2. The number of benzene rings is 3. The zero-order valence-electron chi connectivity index (χ0n) is 22.6. The van der Waals surface area contributed by atoms with Gasteiger partial charge in [-0.15, -0.1) is 0 Å². The Bertz CT molecular complexity index is 1900. The van der Waals surface area contributed by atoms with Gasteiger partial charge in [-0.05, 0) is 67.1 Å². The number of methoxy groups -OCH3 is 2. The van der Waals surface area contributed by atoms with Crippen molar-refractivity contribution in [3.05, 3.63) is 108 Å². The van der Waals surface area contributed by atoms with Crippen LogP contribution < -0.4 is 9.47 Å². The van der Waals surface area contributed by atoms with Crippen LogP contribution in [0.3, 0.4) is 0 Å². The molecular formula is C32H26N2O6S. The molecule has 206 valence electrons. The predicted octanol–water partition coefficient (Wildman–Crippen LogP) is 5.53. The molecular weight excluding hydrogens is 540 g/mol. The summed E-state index contributed by atoms with van der Waals surface area (Å²) in [6, 6.07) is 22.2. The quantitative estimate of drug-likeness (QED) is 0.189. The van der Waals surface area contributed by atoms with Crippen LogP contribution >= 0.6 is 0 Å². The first-order valence-electron chi connectivity index (χ1n) is 12.7. The van der Waals surface area contributed by atoms with Gasteiger partial charge in [-0.1, -0.05) is 36.1 Å². The van der Waals surface area contributed by atoms with E-state index in [9.17, 15) is 13.2 Å². The molecule has 0 bridgehead atoms. The molecule has 8 nitrogen and oxygen atoms in total. The molecule has 0 amide bonds. The predicted molar refractivity (Wildman–Crippen MR) is 156 cm³/mol. The van der Waals surface area contributed by atoms with Gasteiger partial charge in [0.2, 0.25) is 0 Å². The summed E-state index contributed by atoms with van der Waals surface area (Å²) >= 11 is 0. The van der Waals surface area contributed by atoms with Gasteiger partial charge in [0.05, 0.1) is 36.8 Å². The van der Waals surface area contributed by atoms with E-state index in [2.05, 4.69) is 16.8 Å². The Kier molecular flexibility index (Phi) is 7.77. The average Bonchev–Trinajstić information content (AvgIpc) is 3.39. The maximum atomic E-state index is 13.6. The summed E-state index contributed by atoms with van der Waals surface area (Å²) < 4.78 is 44.2. The topological polar surface area (TPSA) is 96.7 Å². The monoisotopic (exact) mass is 566 g/mol. The van der Waals surface area contributed by atoms with E-state index in [0.29, 0.717) is 33.6 Å². The lowest BCUT2D eigenvalue weighted by molar-refractivity contribution is 0.0526. The van der Waals surface area contributed by atoms with Crippen molar-refractivity contribution >= 4 is 27.0 Å². The first kappa shape index (κ1) is 27.5. The first-order chi connectivity index (χ1) is 19.8. The molecule has 0 saturated carbocycles. The lowest BCUT2D eigenvalue weighted by Gasteiger charge is -2.10. The average molecular weight is 567 g/mol. The maximum absolute atomic E-state index is 13.6. The van der Waals surface area contributed by atoms with Gasteiger partial charge in [0.1, 0.15) is 0 Å². The third kappa shape index (κ3) is 5.51. The summed E-state index contributed by atoms with van der Waals surface area (Å²) in [4.78, 5) is 16.7. The number of aromatic nitrogens is 2. The fourth-order valence-electron chi connectivity index (χ4n) is 4.29. The molecule has 0 fully saturated rings. The van der Waals surface area contributed by atoms with Crippen LogP contribution in [0, 0.1) is 11.8 Å². The van der Waals surface area contributed by atoms with Gasteiger partial charge in [0.25, 0.3) is 10.0 Å². The normalized spacial score (nSPS) is 11.0. The van der Waals surface area contributed by atoms with E-state index >= 15 is 0 Å². The molecule has 0 atom stereocenters. The van der Waals surface area contributed by atoms with Crippen molar-refractivity contribution in [3.8, 4) is 34.5 Å². The Hall–Kier alpha value is -5.07. The molecule has 9 heteroatoms. The Morgan fingerprint density at radius 3 is 2.29 bits per heavy atom. The van der Waals surface area contributed by atoms with Gasteiger partial charge >= 0.3 is 5.97 Å². The molecule has 0 radical (unpaired) electrons. The molecule has 0 aliphatic carbocycles. The molecule has 0 aliphatic rings. The van der Waals surface area contributed by atoms with Crippen LogP contribution in [-0.2, 0) is 14.8 Å². The molecule has 0 saturated heterocycles. The minimum atomic E-state index is -3.95. The lowest BCUT2D eigenvalue weighted by atomic mass is 10.0. The summed E-state index contributed by atoms with van der Waals surface area (Å²) in [6.45, 7) is 2.03. The van der Waals surface area contributed by atoms with Crippen LogP contribution in [0.2, 0.25) is 0 Å². The van der Waals surface area contributed by atoms with Gasteiger partial charge < -0.3 is 14.2 Å². The lowest BCUT2D eigenvalue weighted by Crippen LogP contribution is -2.12. The van der Waals surface area contributed by atoms with Crippen LogP contribution in [-0.4, -0.2) is 44.2 Å². The number of hydrogen-bond donors (Lipinski definition) is 0. The highest BCUT2D eigenvalue weighted by Gasteiger charge is 2.22. The number of ether oxygens (including phenoxy) is 3. The molecule has 0 aliphatic heterocycles. The molecule has 5 rings (SSSR count). The molecule has 0 spiro atoms. The van der Waals surface area contributed by atoms with Crippen LogP contribution in [0.25, 0.3) is 22.2 Å². The van der Waals surface area contributed by atoms with Crippen LogP contribution in [0.15, 0.2) is 96.2 Å². The van der Waals surface area contributed by atoms with E-state index in [4.69, 9.17) is 14.2 Å². The summed E-state index contributed by atoms with van der Waals surface area (Å²) in [7, 11) is -0.821. The minimum Gasteiger partial charge on any atom is -0.493 e. The summed E-state index contributed by atoms with van der Waals surface area (Å²) in [5.74, 6) is 6.92. The first-order valence-corrected chi connectivity index (χ1v) is 14.1. The minimum absolute atomic E-state index is 0.136. The van der Waals surface area contributed by atoms with Crippen molar-refractivity contribution in [2.24, 2.45) is 0 Å². The fraction of sp³-hybridized carbons (Fsp3) is 0.125. The highest BCUT2D eigenvalue weighted by molar-refractivity contribution is 7.90. The summed E-state index contributed by atoms with van der Waals surface area (Å²) in [6.07, 6.45) is 3.10. The number of hydrogen-bond acceptors (Lipinski definition) is 7. The highest BCUT2D eigenvalue weighted by Crippen LogP contribution is 2.34. The maximum Gasteiger partial charge on any atom is 0.338 e.